The highest BCUT2D eigenvalue weighted by Crippen LogP contribution is 2.33. The maximum atomic E-state index is 12.3. The zero-order chi connectivity index (χ0) is 17.6. The van der Waals surface area contributed by atoms with Gasteiger partial charge in [-0.2, -0.15) is 0 Å². The summed E-state index contributed by atoms with van der Waals surface area (Å²) in [5, 5.41) is 3.53. The molecule has 0 saturated carbocycles. The number of aromatic nitrogens is 3. The number of hydrogen-bond acceptors (Lipinski definition) is 6. The first-order valence-electron chi connectivity index (χ1n) is 6.99. The topological polar surface area (TPSA) is 52.0 Å². The number of thiazole rings is 1. The normalized spacial score (nSPS) is 12.0. The molecule has 0 aliphatic heterocycles. The molecule has 0 amide bonds. The number of halogens is 3. The molecule has 2 aromatic heterocycles. The molecule has 0 radical (unpaired) electrons. The molecule has 4 rings (SSSR count). The largest absolute Gasteiger partial charge is 0.573 e. The van der Waals surface area contributed by atoms with E-state index in [9.17, 15) is 13.2 Å². The van der Waals surface area contributed by atoms with Gasteiger partial charge in [0.25, 0.3) is 0 Å². The Kier molecular flexibility index (Phi) is 3.73. The Labute approximate surface area is 148 Å². The highest BCUT2D eigenvalue weighted by atomic mass is 32.1. The van der Waals surface area contributed by atoms with E-state index in [0.717, 1.165) is 11.0 Å². The fourth-order valence-electron chi connectivity index (χ4n) is 2.35. The standard InChI is InChI=1S/C15H9F3N4OS2/c16-15(17,18)23-8-5-6-10-12(7-8)25-14(20-10)21-13-19-9-3-1-2-4-11(9)22(13)24/h1-7,24H,(H,19,20,21). The molecule has 4 aromatic rings. The average Bonchev–Trinajstić information content (AvgIpc) is 3.07. The molecule has 0 unspecified atom stereocenters. The number of rotatable bonds is 3. The van der Waals surface area contributed by atoms with Crippen molar-refractivity contribution < 1.29 is 17.9 Å². The van der Waals surface area contributed by atoms with Crippen molar-refractivity contribution in [1.82, 2.24) is 13.9 Å². The Balaban J connectivity index is 1.66. The zero-order valence-electron chi connectivity index (χ0n) is 12.3. The lowest BCUT2D eigenvalue weighted by atomic mass is 10.3. The number of imidazole rings is 1. The van der Waals surface area contributed by atoms with Crippen LogP contribution >= 0.6 is 24.2 Å². The van der Waals surface area contributed by atoms with Crippen LogP contribution in [0.3, 0.4) is 0 Å². The summed E-state index contributed by atoms with van der Waals surface area (Å²) in [4.78, 5) is 8.75. The van der Waals surface area contributed by atoms with Gasteiger partial charge in [-0.25, -0.2) is 9.97 Å². The van der Waals surface area contributed by atoms with Gasteiger partial charge in [0.2, 0.25) is 5.95 Å². The molecule has 25 heavy (non-hydrogen) atoms. The van der Waals surface area contributed by atoms with Crippen LogP contribution in [0.1, 0.15) is 0 Å². The molecule has 1 N–H and O–H groups in total. The van der Waals surface area contributed by atoms with E-state index >= 15 is 0 Å². The number of alkyl halides is 3. The van der Waals surface area contributed by atoms with Crippen molar-refractivity contribution in [2.45, 2.75) is 6.36 Å². The summed E-state index contributed by atoms with van der Waals surface area (Å²) in [5.74, 6) is 0.187. The molecular formula is C15H9F3N4OS2. The summed E-state index contributed by atoms with van der Waals surface area (Å²) in [6.45, 7) is 0. The first kappa shape index (κ1) is 16.0. The van der Waals surface area contributed by atoms with Crippen LogP contribution in [0.15, 0.2) is 42.5 Å². The van der Waals surface area contributed by atoms with Crippen molar-refractivity contribution in [1.29, 1.82) is 0 Å². The SMILES string of the molecule is FC(F)(F)Oc1ccc2nc(Nc3nc4ccccc4n3S)sc2c1. The minimum absolute atomic E-state index is 0.281. The van der Waals surface area contributed by atoms with Crippen molar-refractivity contribution in [3.63, 3.8) is 0 Å². The van der Waals surface area contributed by atoms with Gasteiger partial charge < -0.3 is 10.1 Å². The molecule has 0 bridgehead atoms. The molecule has 10 heteroatoms. The molecule has 0 aliphatic carbocycles. The fourth-order valence-corrected chi connectivity index (χ4v) is 3.50. The van der Waals surface area contributed by atoms with Crippen molar-refractivity contribution in [3.05, 3.63) is 42.5 Å². The van der Waals surface area contributed by atoms with E-state index in [1.54, 1.807) is 3.97 Å². The second kappa shape index (κ2) is 5.81. The predicted molar refractivity (Wildman–Crippen MR) is 93.7 cm³/mol. The lowest BCUT2D eigenvalue weighted by Gasteiger charge is -2.07. The lowest BCUT2D eigenvalue weighted by molar-refractivity contribution is -0.274. The highest BCUT2D eigenvalue weighted by molar-refractivity contribution is 7.79. The van der Waals surface area contributed by atoms with Gasteiger partial charge in [-0.1, -0.05) is 36.3 Å². The van der Waals surface area contributed by atoms with E-state index in [1.807, 2.05) is 24.3 Å². The molecule has 2 heterocycles. The molecule has 2 aromatic carbocycles. The number of thiol groups is 1. The van der Waals surface area contributed by atoms with Crippen molar-refractivity contribution >= 4 is 56.5 Å². The second-order valence-corrected chi connectivity index (χ2v) is 6.49. The van der Waals surface area contributed by atoms with E-state index < -0.39 is 6.36 Å². The summed E-state index contributed by atoms with van der Waals surface area (Å²) in [7, 11) is 0. The summed E-state index contributed by atoms with van der Waals surface area (Å²) < 4.78 is 43.0. The van der Waals surface area contributed by atoms with Gasteiger partial charge in [0, 0.05) is 6.07 Å². The van der Waals surface area contributed by atoms with Gasteiger partial charge in [0.1, 0.15) is 5.75 Å². The monoisotopic (exact) mass is 382 g/mol. The quantitative estimate of drug-likeness (QED) is 0.491. The summed E-state index contributed by atoms with van der Waals surface area (Å²) >= 11 is 5.59. The van der Waals surface area contributed by atoms with Gasteiger partial charge in [-0.15, -0.1) is 13.2 Å². The Morgan fingerprint density at radius 3 is 2.64 bits per heavy atom. The van der Waals surface area contributed by atoms with Gasteiger partial charge in [-0.05, 0) is 24.3 Å². The number of fused-ring (bicyclic) bond motifs is 2. The zero-order valence-corrected chi connectivity index (χ0v) is 14.0. The first-order chi connectivity index (χ1) is 11.9. The number of para-hydroxylation sites is 2. The van der Waals surface area contributed by atoms with Crippen LogP contribution in [0.5, 0.6) is 5.75 Å². The number of nitrogens with zero attached hydrogens (tertiary/aromatic N) is 3. The Bertz CT molecular complexity index is 1070. The third-order valence-electron chi connectivity index (χ3n) is 3.35. The average molecular weight is 382 g/mol. The van der Waals surface area contributed by atoms with E-state index in [4.69, 9.17) is 0 Å². The molecule has 0 atom stereocenters. The van der Waals surface area contributed by atoms with Gasteiger partial charge in [-0.3, -0.25) is 3.97 Å². The lowest BCUT2D eigenvalue weighted by Crippen LogP contribution is -2.16. The maximum Gasteiger partial charge on any atom is 0.573 e. The van der Waals surface area contributed by atoms with Crippen LogP contribution in [0.4, 0.5) is 24.3 Å². The number of hydrogen-bond donors (Lipinski definition) is 2. The van der Waals surface area contributed by atoms with E-state index in [-0.39, 0.29) is 5.75 Å². The van der Waals surface area contributed by atoms with Crippen LogP contribution < -0.4 is 10.1 Å². The third-order valence-corrected chi connectivity index (χ3v) is 4.69. The molecule has 0 saturated heterocycles. The molecule has 0 spiro atoms. The molecule has 128 valence electrons. The van der Waals surface area contributed by atoms with Gasteiger partial charge in [0.05, 0.1) is 21.3 Å². The first-order valence-corrected chi connectivity index (χ1v) is 8.21. The van der Waals surface area contributed by atoms with Crippen LogP contribution in [-0.4, -0.2) is 20.3 Å². The second-order valence-electron chi connectivity index (χ2n) is 5.06. The van der Waals surface area contributed by atoms with E-state index in [2.05, 4.69) is 32.8 Å². The summed E-state index contributed by atoms with van der Waals surface area (Å²) in [6.07, 6.45) is -4.73. The van der Waals surface area contributed by atoms with Crippen LogP contribution in [0.25, 0.3) is 21.3 Å². The molecule has 5 nitrogen and oxygen atoms in total. The molecular weight excluding hydrogens is 373 g/mol. The number of nitrogens with one attached hydrogen (secondary N) is 1. The Hall–Kier alpha value is -2.46. The van der Waals surface area contributed by atoms with Crippen molar-refractivity contribution in [3.8, 4) is 5.75 Å². The smallest absolute Gasteiger partial charge is 0.406 e. The predicted octanol–water partition coefficient (Wildman–Crippen LogP) is 4.98. The Morgan fingerprint density at radius 2 is 1.88 bits per heavy atom. The summed E-state index contributed by atoms with van der Waals surface area (Å²) in [6, 6.07) is 11.5. The fraction of sp³-hybridized carbons (Fsp3) is 0.0667. The highest BCUT2D eigenvalue weighted by Gasteiger charge is 2.31. The summed E-state index contributed by atoms with van der Waals surface area (Å²) in [5.41, 5.74) is 2.15. The third kappa shape index (κ3) is 3.22. The molecule has 0 fully saturated rings. The van der Waals surface area contributed by atoms with Crippen molar-refractivity contribution in [2.24, 2.45) is 0 Å². The van der Waals surface area contributed by atoms with Crippen molar-refractivity contribution in [2.75, 3.05) is 5.32 Å². The number of benzene rings is 2. The van der Waals surface area contributed by atoms with Gasteiger partial charge in [0.15, 0.2) is 5.13 Å². The minimum Gasteiger partial charge on any atom is -0.406 e. The Morgan fingerprint density at radius 1 is 1.08 bits per heavy atom. The van der Waals surface area contributed by atoms with E-state index in [0.29, 0.717) is 21.3 Å². The minimum atomic E-state index is -4.73. The van der Waals surface area contributed by atoms with Gasteiger partial charge >= 0.3 is 6.36 Å². The molecule has 0 aliphatic rings. The maximum absolute atomic E-state index is 12.3. The van der Waals surface area contributed by atoms with Crippen LogP contribution in [0, 0.1) is 0 Å². The number of anilines is 2. The number of ether oxygens (including phenoxy) is 1. The van der Waals surface area contributed by atoms with Crippen LogP contribution in [-0.2, 0) is 0 Å². The van der Waals surface area contributed by atoms with E-state index in [1.165, 1.54) is 29.5 Å². The van der Waals surface area contributed by atoms with Crippen LogP contribution in [0.2, 0.25) is 0 Å².